The number of hydrogen-bond donors (Lipinski definition) is 2. The Morgan fingerprint density at radius 2 is 1.24 bits per heavy atom. The van der Waals surface area contributed by atoms with Crippen molar-refractivity contribution in [3.8, 4) is 11.5 Å². The van der Waals surface area contributed by atoms with Gasteiger partial charge in [0.25, 0.3) is 0 Å². The number of aromatic hydroxyl groups is 2. The molecule has 0 radical (unpaired) electrons. The summed E-state index contributed by atoms with van der Waals surface area (Å²) in [6.07, 6.45) is 0. The van der Waals surface area contributed by atoms with Crippen LogP contribution in [0.15, 0.2) is 6.07 Å². The zero-order chi connectivity index (χ0) is 13.6. The van der Waals surface area contributed by atoms with E-state index in [2.05, 4.69) is 0 Å². The van der Waals surface area contributed by atoms with Gasteiger partial charge in [0.15, 0.2) is 11.5 Å². The molecule has 0 heterocycles. The Morgan fingerprint density at radius 3 is 1.59 bits per heavy atom. The van der Waals surface area contributed by atoms with Crippen molar-refractivity contribution in [1.29, 1.82) is 0 Å². The summed E-state index contributed by atoms with van der Waals surface area (Å²) < 4.78 is 0. The van der Waals surface area contributed by atoms with Gasteiger partial charge in [-0.1, -0.05) is 53.1 Å². The smallest absolute Gasteiger partial charge is 0.177 e. The average Bonchev–Trinajstić information content (AvgIpc) is 2.10. The van der Waals surface area contributed by atoms with Crippen molar-refractivity contribution in [1.82, 2.24) is 0 Å². The van der Waals surface area contributed by atoms with Gasteiger partial charge in [-0.25, -0.2) is 0 Å². The highest BCUT2D eigenvalue weighted by Gasteiger charge is 2.28. The van der Waals surface area contributed by atoms with E-state index >= 15 is 0 Å². The molecule has 96 valence electrons. The molecule has 0 saturated carbocycles. The molecule has 0 fully saturated rings. The summed E-state index contributed by atoms with van der Waals surface area (Å²) in [6, 6.07) is 1.89. The van der Waals surface area contributed by atoms with Crippen LogP contribution >= 0.6 is 11.6 Å². The summed E-state index contributed by atoms with van der Waals surface area (Å²) in [7, 11) is 0. The van der Waals surface area contributed by atoms with Crippen LogP contribution in [-0.2, 0) is 10.8 Å². The van der Waals surface area contributed by atoms with E-state index in [1.807, 2.05) is 47.6 Å². The van der Waals surface area contributed by atoms with E-state index in [1.165, 1.54) is 0 Å². The van der Waals surface area contributed by atoms with Crippen molar-refractivity contribution in [2.75, 3.05) is 0 Å². The first-order chi connectivity index (χ1) is 7.46. The average molecular weight is 257 g/mol. The van der Waals surface area contributed by atoms with E-state index in [0.29, 0.717) is 5.56 Å². The van der Waals surface area contributed by atoms with Crippen LogP contribution in [0.4, 0.5) is 0 Å². The van der Waals surface area contributed by atoms with Crippen LogP contribution in [0, 0.1) is 0 Å². The Hall–Kier alpha value is -0.890. The largest absolute Gasteiger partial charge is 0.504 e. The van der Waals surface area contributed by atoms with Crippen LogP contribution in [0.5, 0.6) is 11.5 Å². The summed E-state index contributed by atoms with van der Waals surface area (Å²) in [5.41, 5.74) is 1.14. The molecule has 1 rings (SSSR count). The Bertz CT molecular complexity index is 399. The van der Waals surface area contributed by atoms with Gasteiger partial charge < -0.3 is 10.2 Å². The molecule has 0 spiro atoms. The van der Waals surface area contributed by atoms with Gasteiger partial charge in [0.1, 0.15) is 0 Å². The zero-order valence-corrected chi connectivity index (χ0v) is 12.1. The fourth-order valence-corrected chi connectivity index (χ4v) is 2.18. The van der Waals surface area contributed by atoms with Crippen LogP contribution in [0.3, 0.4) is 0 Å². The third-order valence-electron chi connectivity index (χ3n) is 2.83. The highest BCUT2D eigenvalue weighted by molar-refractivity contribution is 6.33. The molecular weight excluding hydrogens is 236 g/mol. The summed E-state index contributed by atoms with van der Waals surface area (Å²) >= 11 is 6.10. The lowest BCUT2D eigenvalue weighted by atomic mass is 9.80. The molecule has 1 aromatic carbocycles. The lowest BCUT2D eigenvalue weighted by Crippen LogP contribution is -2.17. The van der Waals surface area contributed by atoms with E-state index in [-0.39, 0.29) is 27.4 Å². The first-order valence-corrected chi connectivity index (χ1v) is 6.09. The van der Waals surface area contributed by atoms with Gasteiger partial charge in [0.2, 0.25) is 0 Å². The second-order valence-electron chi connectivity index (χ2n) is 6.48. The minimum absolute atomic E-state index is 0.115. The first-order valence-electron chi connectivity index (χ1n) is 5.71. The Morgan fingerprint density at radius 1 is 0.824 bits per heavy atom. The Labute approximate surface area is 108 Å². The van der Waals surface area contributed by atoms with Crippen molar-refractivity contribution < 1.29 is 10.2 Å². The zero-order valence-electron chi connectivity index (χ0n) is 11.3. The Kier molecular flexibility index (Phi) is 3.41. The summed E-state index contributed by atoms with van der Waals surface area (Å²) in [5.74, 6) is -0.334. The Balaban J connectivity index is 3.63. The normalized spacial score (nSPS) is 12.9. The molecule has 3 heteroatoms. The predicted molar refractivity (Wildman–Crippen MR) is 72.2 cm³/mol. The number of phenols is 2. The van der Waals surface area contributed by atoms with Crippen molar-refractivity contribution in [3.05, 3.63) is 22.2 Å². The van der Waals surface area contributed by atoms with E-state index in [9.17, 15) is 10.2 Å². The molecule has 0 aliphatic carbocycles. The van der Waals surface area contributed by atoms with E-state index in [0.717, 1.165) is 5.56 Å². The van der Waals surface area contributed by atoms with E-state index in [1.54, 1.807) is 0 Å². The summed E-state index contributed by atoms with van der Waals surface area (Å²) in [4.78, 5) is 0. The minimum Gasteiger partial charge on any atom is -0.504 e. The molecule has 0 unspecified atom stereocenters. The van der Waals surface area contributed by atoms with Crippen molar-refractivity contribution >= 4 is 11.6 Å². The van der Waals surface area contributed by atoms with Crippen LogP contribution in [0.2, 0.25) is 5.02 Å². The SMILES string of the molecule is CC(C)(C)c1cc(C(C)(C)C)c(Cl)c(O)c1O. The van der Waals surface area contributed by atoms with Crippen LogP contribution in [0.25, 0.3) is 0 Å². The molecular formula is C14H21ClO2. The molecule has 2 nitrogen and oxygen atoms in total. The van der Waals surface area contributed by atoms with E-state index < -0.39 is 0 Å². The second kappa shape index (κ2) is 4.09. The molecule has 0 amide bonds. The highest BCUT2D eigenvalue weighted by Crippen LogP contribution is 2.46. The maximum absolute atomic E-state index is 9.97. The first kappa shape index (κ1) is 14.2. The second-order valence-corrected chi connectivity index (χ2v) is 6.86. The molecule has 0 aliphatic heterocycles. The molecule has 1 aromatic rings. The van der Waals surface area contributed by atoms with Gasteiger partial charge in [-0.15, -0.1) is 0 Å². The number of benzene rings is 1. The lowest BCUT2D eigenvalue weighted by molar-refractivity contribution is 0.386. The monoisotopic (exact) mass is 256 g/mol. The fraction of sp³-hybridized carbons (Fsp3) is 0.571. The van der Waals surface area contributed by atoms with Crippen molar-refractivity contribution in [2.45, 2.75) is 52.4 Å². The fourth-order valence-electron chi connectivity index (χ4n) is 1.75. The van der Waals surface area contributed by atoms with Crippen LogP contribution in [-0.4, -0.2) is 10.2 Å². The highest BCUT2D eigenvalue weighted by atomic mass is 35.5. The van der Waals surface area contributed by atoms with Gasteiger partial charge in [-0.2, -0.15) is 0 Å². The number of halogens is 1. The van der Waals surface area contributed by atoms with E-state index in [4.69, 9.17) is 11.6 Å². The molecule has 2 N–H and O–H groups in total. The standard InChI is InChI=1S/C14H21ClO2/c1-13(2,3)8-7-9(14(4,5)6)11(16)12(17)10(8)15/h7,16-17H,1-6H3. The summed E-state index contributed by atoms with van der Waals surface area (Å²) in [5, 5.41) is 20.1. The maximum Gasteiger partial charge on any atom is 0.177 e. The topological polar surface area (TPSA) is 40.5 Å². The minimum atomic E-state index is -0.244. The third-order valence-corrected chi connectivity index (χ3v) is 3.21. The van der Waals surface area contributed by atoms with Gasteiger partial charge >= 0.3 is 0 Å². The summed E-state index contributed by atoms with van der Waals surface area (Å²) in [6.45, 7) is 12.0. The van der Waals surface area contributed by atoms with Crippen molar-refractivity contribution in [3.63, 3.8) is 0 Å². The van der Waals surface area contributed by atoms with Crippen molar-refractivity contribution in [2.24, 2.45) is 0 Å². The molecule has 0 bridgehead atoms. The van der Waals surface area contributed by atoms with Crippen LogP contribution < -0.4 is 0 Å². The number of phenolic OH excluding ortho intramolecular Hbond substituents is 2. The quantitative estimate of drug-likeness (QED) is 0.678. The number of rotatable bonds is 0. The molecule has 0 atom stereocenters. The predicted octanol–water partition coefficient (Wildman–Crippen LogP) is 4.35. The maximum atomic E-state index is 9.97. The van der Waals surface area contributed by atoms with Gasteiger partial charge in [0.05, 0.1) is 5.02 Å². The van der Waals surface area contributed by atoms with Gasteiger partial charge in [-0.3, -0.25) is 0 Å². The number of hydrogen-bond acceptors (Lipinski definition) is 2. The lowest BCUT2D eigenvalue weighted by Gasteiger charge is -2.27. The van der Waals surface area contributed by atoms with Gasteiger partial charge in [0, 0.05) is 5.56 Å². The third kappa shape index (κ3) is 2.68. The molecule has 0 aromatic heterocycles. The molecule has 0 aliphatic rings. The van der Waals surface area contributed by atoms with Gasteiger partial charge in [-0.05, 0) is 22.5 Å². The molecule has 17 heavy (non-hydrogen) atoms. The molecule has 0 saturated heterocycles. The van der Waals surface area contributed by atoms with Crippen LogP contribution in [0.1, 0.15) is 52.7 Å².